The van der Waals surface area contributed by atoms with Gasteiger partial charge in [0, 0.05) is 13.7 Å². The lowest BCUT2D eigenvalue weighted by Crippen LogP contribution is -2.37. The van der Waals surface area contributed by atoms with Crippen molar-refractivity contribution >= 4 is 27.5 Å². The second-order valence-corrected chi connectivity index (χ2v) is 7.76. The molecule has 6 nitrogen and oxygen atoms in total. The van der Waals surface area contributed by atoms with E-state index in [1.165, 1.54) is 22.5 Å². The number of benzene rings is 2. The summed E-state index contributed by atoms with van der Waals surface area (Å²) in [5, 5.41) is 0. The highest BCUT2D eigenvalue weighted by Gasteiger charge is 2.27. The third-order valence-corrected chi connectivity index (χ3v) is 5.85. The SMILES string of the molecule is COCCn1c(=NC(=O)[C@@H]2COc3ccccc3O2)sc2cc(C)c(C)cc21. The molecule has 0 fully saturated rings. The van der Waals surface area contributed by atoms with Crippen LogP contribution in [0.1, 0.15) is 11.1 Å². The number of aromatic nitrogens is 1. The maximum absolute atomic E-state index is 12.8. The lowest BCUT2D eigenvalue weighted by molar-refractivity contribution is -0.127. The number of thiazole rings is 1. The summed E-state index contributed by atoms with van der Waals surface area (Å²) in [4.78, 5) is 17.8. The molecule has 0 bridgehead atoms. The fourth-order valence-corrected chi connectivity index (χ4v) is 4.25. The van der Waals surface area contributed by atoms with Crippen LogP contribution in [0.3, 0.4) is 0 Å². The van der Waals surface area contributed by atoms with E-state index in [9.17, 15) is 4.79 Å². The number of amides is 1. The number of fused-ring (bicyclic) bond motifs is 2. The van der Waals surface area contributed by atoms with Crippen molar-refractivity contribution < 1.29 is 19.0 Å². The first-order valence-electron chi connectivity index (χ1n) is 9.13. The van der Waals surface area contributed by atoms with Gasteiger partial charge < -0.3 is 18.8 Å². The van der Waals surface area contributed by atoms with Gasteiger partial charge in [-0.3, -0.25) is 4.79 Å². The molecule has 2 aromatic carbocycles. The fraction of sp³-hybridized carbons (Fsp3) is 0.333. The molecule has 3 aromatic rings. The van der Waals surface area contributed by atoms with Crippen LogP contribution in [0.4, 0.5) is 0 Å². The highest BCUT2D eigenvalue weighted by molar-refractivity contribution is 7.16. The maximum atomic E-state index is 12.8. The normalized spacial score (nSPS) is 16.5. The number of para-hydroxylation sites is 2. The molecule has 1 atom stereocenters. The molecule has 28 heavy (non-hydrogen) atoms. The van der Waals surface area contributed by atoms with Gasteiger partial charge in [-0.05, 0) is 49.2 Å². The Morgan fingerprint density at radius 3 is 2.79 bits per heavy atom. The monoisotopic (exact) mass is 398 g/mol. The number of rotatable bonds is 4. The second kappa shape index (κ2) is 7.77. The van der Waals surface area contributed by atoms with Gasteiger partial charge in [-0.25, -0.2) is 0 Å². The zero-order valence-electron chi connectivity index (χ0n) is 16.1. The molecule has 7 heteroatoms. The number of hydrogen-bond donors (Lipinski definition) is 0. The fourth-order valence-electron chi connectivity index (χ4n) is 3.11. The van der Waals surface area contributed by atoms with Gasteiger partial charge in [-0.2, -0.15) is 4.99 Å². The second-order valence-electron chi connectivity index (χ2n) is 6.75. The molecular formula is C21H22N2O4S. The molecule has 1 aliphatic rings. The smallest absolute Gasteiger partial charge is 0.292 e. The minimum absolute atomic E-state index is 0.153. The third kappa shape index (κ3) is 3.55. The largest absolute Gasteiger partial charge is 0.485 e. The number of ether oxygens (including phenoxy) is 3. The predicted molar refractivity (Wildman–Crippen MR) is 108 cm³/mol. The van der Waals surface area contributed by atoms with E-state index >= 15 is 0 Å². The number of carbonyl (C=O) groups excluding carboxylic acids is 1. The Kier molecular flexibility index (Phi) is 5.19. The quantitative estimate of drug-likeness (QED) is 0.677. The molecule has 146 valence electrons. The van der Waals surface area contributed by atoms with Gasteiger partial charge in [0.1, 0.15) is 6.61 Å². The molecule has 1 aromatic heterocycles. The maximum Gasteiger partial charge on any atom is 0.292 e. The van der Waals surface area contributed by atoms with Crippen LogP contribution in [0, 0.1) is 13.8 Å². The van der Waals surface area contributed by atoms with E-state index in [1.54, 1.807) is 13.2 Å². The van der Waals surface area contributed by atoms with Crippen molar-refractivity contribution in [2.45, 2.75) is 26.5 Å². The van der Waals surface area contributed by atoms with Gasteiger partial charge in [-0.15, -0.1) is 0 Å². The number of methoxy groups -OCH3 is 1. The number of aryl methyl sites for hydroxylation is 2. The zero-order chi connectivity index (χ0) is 19.7. The topological polar surface area (TPSA) is 62.1 Å². The molecule has 0 aliphatic carbocycles. The van der Waals surface area contributed by atoms with Gasteiger partial charge in [0.05, 0.1) is 16.8 Å². The van der Waals surface area contributed by atoms with Crippen LogP contribution in [-0.4, -0.2) is 36.9 Å². The predicted octanol–water partition coefficient (Wildman–Crippen LogP) is 3.23. The highest BCUT2D eigenvalue weighted by atomic mass is 32.1. The zero-order valence-corrected chi connectivity index (χ0v) is 16.9. The average Bonchev–Trinajstić information content (AvgIpc) is 3.02. The summed E-state index contributed by atoms with van der Waals surface area (Å²) in [5.74, 6) is 0.868. The summed E-state index contributed by atoms with van der Waals surface area (Å²) in [6.45, 7) is 5.48. The Hall–Kier alpha value is -2.64. The summed E-state index contributed by atoms with van der Waals surface area (Å²) in [5.41, 5.74) is 3.48. The molecule has 0 saturated heterocycles. The average molecular weight is 398 g/mol. The molecule has 0 unspecified atom stereocenters. The van der Waals surface area contributed by atoms with Gasteiger partial charge in [0.25, 0.3) is 5.91 Å². The molecule has 1 amide bonds. The van der Waals surface area contributed by atoms with E-state index in [-0.39, 0.29) is 12.5 Å². The lowest BCUT2D eigenvalue weighted by atomic mass is 10.1. The van der Waals surface area contributed by atoms with E-state index in [0.29, 0.717) is 29.5 Å². The Bertz CT molecular complexity index is 1100. The molecule has 0 radical (unpaired) electrons. The molecule has 1 aliphatic heterocycles. The number of carbonyl (C=O) groups is 1. The van der Waals surface area contributed by atoms with Crippen molar-refractivity contribution in [1.29, 1.82) is 0 Å². The van der Waals surface area contributed by atoms with Crippen LogP contribution < -0.4 is 14.3 Å². The summed E-state index contributed by atoms with van der Waals surface area (Å²) in [6.07, 6.45) is -0.751. The van der Waals surface area contributed by atoms with Gasteiger partial charge >= 0.3 is 0 Å². The van der Waals surface area contributed by atoms with Crippen LogP contribution in [0.25, 0.3) is 10.2 Å². The number of nitrogens with zero attached hydrogens (tertiary/aromatic N) is 2. The van der Waals surface area contributed by atoms with Crippen molar-refractivity contribution in [3.05, 3.63) is 52.3 Å². The Morgan fingerprint density at radius 1 is 1.25 bits per heavy atom. The van der Waals surface area contributed by atoms with E-state index < -0.39 is 6.10 Å². The van der Waals surface area contributed by atoms with E-state index in [2.05, 4.69) is 31.0 Å². The Labute approximate surface area is 167 Å². The van der Waals surface area contributed by atoms with Crippen molar-refractivity contribution in [3.63, 3.8) is 0 Å². The molecule has 4 rings (SSSR count). The summed E-state index contributed by atoms with van der Waals surface area (Å²) < 4.78 is 19.8. The lowest BCUT2D eigenvalue weighted by Gasteiger charge is -2.23. The molecule has 2 heterocycles. The van der Waals surface area contributed by atoms with Crippen LogP contribution >= 0.6 is 11.3 Å². The molecule has 0 N–H and O–H groups in total. The minimum Gasteiger partial charge on any atom is -0.485 e. The van der Waals surface area contributed by atoms with Crippen LogP contribution in [0.5, 0.6) is 11.5 Å². The summed E-state index contributed by atoms with van der Waals surface area (Å²) in [6, 6.07) is 11.6. The molecule has 0 spiro atoms. The minimum atomic E-state index is -0.751. The summed E-state index contributed by atoms with van der Waals surface area (Å²) in [7, 11) is 1.66. The molecule has 0 saturated carbocycles. The van der Waals surface area contributed by atoms with E-state index in [0.717, 1.165) is 10.2 Å². The van der Waals surface area contributed by atoms with Gasteiger partial charge in [0.2, 0.25) is 6.10 Å². The first-order valence-corrected chi connectivity index (χ1v) is 9.95. The van der Waals surface area contributed by atoms with Crippen molar-refractivity contribution in [3.8, 4) is 11.5 Å². The Morgan fingerprint density at radius 2 is 2.00 bits per heavy atom. The van der Waals surface area contributed by atoms with Crippen molar-refractivity contribution in [2.24, 2.45) is 4.99 Å². The van der Waals surface area contributed by atoms with Gasteiger partial charge in [-0.1, -0.05) is 23.5 Å². The highest BCUT2D eigenvalue weighted by Crippen LogP contribution is 2.31. The van der Waals surface area contributed by atoms with Crippen LogP contribution in [-0.2, 0) is 16.1 Å². The van der Waals surface area contributed by atoms with Crippen LogP contribution in [0.15, 0.2) is 41.4 Å². The van der Waals surface area contributed by atoms with Crippen LogP contribution in [0.2, 0.25) is 0 Å². The summed E-state index contributed by atoms with van der Waals surface area (Å²) >= 11 is 1.50. The molecular weight excluding hydrogens is 376 g/mol. The van der Waals surface area contributed by atoms with E-state index in [4.69, 9.17) is 14.2 Å². The van der Waals surface area contributed by atoms with Crippen molar-refractivity contribution in [2.75, 3.05) is 20.3 Å². The van der Waals surface area contributed by atoms with Gasteiger partial charge in [0.15, 0.2) is 16.3 Å². The first kappa shape index (κ1) is 18.7. The van der Waals surface area contributed by atoms with Crippen molar-refractivity contribution in [1.82, 2.24) is 4.57 Å². The number of hydrogen-bond acceptors (Lipinski definition) is 5. The third-order valence-electron chi connectivity index (χ3n) is 4.81. The Balaban J connectivity index is 1.71. The standard InChI is InChI=1S/C21H22N2O4S/c1-13-10-15-19(11-14(13)2)28-21(23(15)8-9-25-3)22-20(24)18-12-26-16-6-4-5-7-17(16)27-18/h4-7,10-11,18H,8-9,12H2,1-3H3/t18-/m0/s1. The first-order chi connectivity index (χ1) is 13.6. The van der Waals surface area contributed by atoms with E-state index in [1.807, 2.05) is 22.8 Å².